The molecule has 0 saturated carbocycles. The van der Waals surface area contributed by atoms with Crippen molar-refractivity contribution in [3.05, 3.63) is 34.4 Å². The average Bonchev–Trinajstić information content (AvgIpc) is 2.38. The molecule has 0 aliphatic heterocycles. The molecule has 0 spiro atoms. The van der Waals surface area contributed by atoms with Crippen LogP contribution in [0.2, 0.25) is 5.02 Å². The third kappa shape index (κ3) is 4.45. The van der Waals surface area contributed by atoms with Crippen LogP contribution in [0.3, 0.4) is 0 Å². The smallest absolute Gasteiger partial charge is 0.252 e. The Labute approximate surface area is 120 Å². The van der Waals surface area contributed by atoms with E-state index in [2.05, 4.69) is 10.6 Å². The van der Waals surface area contributed by atoms with Crippen LogP contribution < -0.4 is 10.6 Å². The predicted octanol–water partition coefficient (Wildman–Crippen LogP) is 2.12. The van der Waals surface area contributed by atoms with E-state index in [1.54, 1.807) is 13.8 Å². The van der Waals surface area contributed by atoms with Gasteiger partial charge in [-0.25, -0.2) is 8.78 Å². The van der Waals surface area contributed by atoms with E-state index in [9.17, 15) is 18.4 Å². The molecular formula is C13H15ClF2N2O2. The second-order valence-corrected chi connectivity index (χ2v) is 4.85. The van der Waals surface area contributed by atoms with E-state index in [4.69, 9.17) is 11.6 Å². The fraction of sp³-hybridized carbons (Fsp3) is 0.385. The maximum absolute atomic E-state index is 13.0. The van der Waals surface area contributed by atoms with Crippen molar-refractivity contribution in [3.8, 4) is 0 Å². The molecule has 2 amide bonds. The largest absolute Gasteiger partial charge is 0.354 e. The molecule has 1 rings (SSSR count). The third-order valence-electron chi connectivity index (χ3n) is 2.49. The van der Waals surface area contributed by atoms with Gasteiger partial charge in [-0.05, 0) is 12.1 Å². The van der Waals surface area contributed by atoms with Crippen LogP contribution in [0.15, 0.2) is 12.1 Å². The SMILES string of the molecule is CC(C)C(=O)NCCNC(=O)c1cc(F)c(F)cc1Cl. The minimum atomic E-state index is -1.15. The number of hydrogen-bond acceptors (Lipinski definition) is 2. The summed E-state index contributed by atoms with van der Waals surface area (Å²) in [6.45, 7) is 3.89. The number of hydrogen-bond donors (Lipinski definition) is 2. The van der Waals surface area contributed by atoms with Gasteiger partial charge in [0, 0.05) is 19.0 Å². The molecule has 0 saturated heterocycles. The maximum Gasteiger partial charge on any atom is 0.252 e. The molecule has 110 valence electrons. The van der Waals surface area contributed by atoms with E-state index in [0.29, 0.717) is 0 Å². The van der Waals surface area contributed by atoms with Crippen LogP contribution in [0.1, 0.15) is 24.2 Å². The molecule has 0 fully saturated rings. The van der Waals surface area contributed by atoms with Crippen molar-refractivity contribution in [2.24, 2.45) is 5.92 Å². The maximum atomic E-state index is 13.0. The van der Waals surface area contributed by atoms with Gasteiger partial charge in [0.25, 0.3) is 5.91 Å². The highest BCUT2D eigenvalue weighted by Crippen LogP contribution is 2.19. The standard InChI is InChI=1S/C13H15ClF2N2O2/c1-7(2)12(19)17-3-4-18-13(20)8-5-10(15)11(16)6-9(8)14/h5-7H,3-4H2,1-2H3,(H,17,19)(H,18,20). The Kier molecular flexibility index (Phi) is 5.88. The highest BCUT2D eigenvalue weighted by atomic mass is 35.5. The second-order valence-electron chi connectivity index (χ2n) is 4.45. The average molecular weight is 305 g/mol. The van der Waals surface area contributed by atoms with Crippen molar-refractivity contribution < 1.29 is 18.4 Å². The van der Waals surface area contributed by atoms with Gasteiger partial charge in [0.15, 0.2) is 11.6 Å². The topological polar surface area (TPSA) is 58.2 Å². The van der Waals surface area contributed by atoms with Crippen molar-refractivity contribution in [1.29, 1.82) is 0 Å². The molecule has 0 bridgehead atoms. The van der Waals surface area contributed by atoms with E-state index in [0.717, 1.165) is 12.1 Å². The second kappa shape index (κ2) is 7.19. The number of carbonyl (C=O) groups excluding carboxylic acids is 2. The molecule has 0 heterocycles. The van der Waals surface area contributed by atoms with Crippen molar-refractivity contribution in [2.45, 2.75) is 13.8 Å². The molecule has 7 heteroatoms. The molecule has 0 aliphatic rings. The summed E-state index contributed by atoms with van der Waals surface area (Å²) in [5.74, 6) is -3.17. The lowest BCUT2D eigenvalue weighted by Gasteiger charge is -2.09. The first-order valence-corrected chi connectivity index (χ1v) is 6.41. The number of benzene rings is 1. The highest BCUT2D eigenvalue weighted by molar-refractivity contribution is 6.33. The van der Waals surface area contributed by atoms with Gasteiger partial charge in [0.1, 0.15) is 0 Å². The molecule has 1 aromatic carbocycles. The summed E-state index contributed by atoms with van der Waals surface area (Å²) in [5, 5.41) is 4.88. The van der Waals surface area contributed by atoms with Crippen LogP contribution in [0, 0.1) is 17.6 Å². The van der Waals surface area contributed by atoms with E-state index in [-0.39, 0.29) is 35.5 Å². The summed E-state index contributed by atoms with van der Waals surface area (Å²) in [7, 11) is 0. The number of nitrogens with one attached hydrogen (secondary N) is 2. The van der Waals surface area contributed by atoms with Gasteiger partial charge < -0.3 is 10.6 Å². The fourth-order valence-corrected chi connectivity index (χ4v) is 1.59. The van der Waals surface area contributed by atoms with Crippen LogP contribution in [0.5, 0.6) is 0 Å². The molecule has 2 N–H and O–H groups in total. The Morgan fingerprint density at radius 3 is 2.30 bits per heavy atom. The first-order chi connectivity index (χ1) is 9.32. The van der Waals surface area contributed by atoms with Crippen molar-refractivity contribution >= 4 is 23.4 Å². The zero-order valence-electron chi connectivity index (χ0n) is 11.1. The Balaban J connectivity index is 2.52. The molecule has 0 aromatic heterocycles. The molecule has 20 heavy (non-hydrogen) atoms. The Morgan fingerprint density at radius 1 is 1.15 bits per heavy atom. The van der Waals surface area contributed by atoms with Crippen LogP contribution in [-0.2, 0) is 4.79 Å². The summed E-state index contributed by atoms with van der Waals surface area (Å²) < 4.78 is 25.9. The summed E-state index contributed by atoms with van der Waals surface area (Å²) in [5.41, 5.74) is -0.152. The molecule has 0 aliphatic carbocycles. The van der Waals surface area contributed by atoms with E-state index < -0.39 is 17.5 Å². The number of halogens is 3. The Morgan fingerprint density at radius 2 is 1.70 bits per heavy atom. The van der Waals surface area contributed by atoms with E-state index >= 15 is 0 Å². The zero-order valence-corrected chi connectivity index (χ0v) is 11.9. The van der Waals surface area contributed by atoms with Crippen molar-refractivity contribution in [3.63, 3.8) is 0 Å². The molecule has 4 nitrogen and oxygen atoms in total. The molecular weight excluding hydrogens is 290 g/mol. The lowest BCUT2D eigenvalue weighted by molar-refractivity contribution is -0.123. The first kappa shape index (κ1) is 16.4. The van der Waals surface area contributed by atoms with E-state index in [1.165, 1.54) is 0 Å². The normalized spacial score (nSPS) is 10.5. The highest BCUT2D eigenvalue weighted by Gasteiger charge is 2.14. The number of carbonyl (C=O) groups is 2. The van der Waals surface area contributed by atoms with Gasteiger partial charge in [-0.15, -0.1) is 0 Å². The summed E-state index contributed by atoms with van der Waals surface area (Å²) >= 11 is 5.66. The van der Waals surface area contributed by atoms with Crippen LogP contribution in [-0.4, -0.2) is 24.9 Å². The van der Waals surface area contributed by atoms with Crippen molar-refractivity contribution in [1.82, 2.24) is 10.6 Å². The summed E-state index contributed by atoms with van der Waals surface area (Å²) in [6.07, 6.45) is 0. The quantitative estimate of drug-likeness (QED) is 0.646. The number of rotatable bonds is 5. The lowest BCUT2D eigenvalue weighted by atomic mass is 10.2. The van der Waals surface area contributed by atoms with Crippen LogP contribution >= 0.6 is 11.6 Å². The van der Waals surface area contributed by atoms with Gasteiger partial charge in [-0.1, -0.05) is 25.4 Å². The fourth-order valence-electron chi connectivity index (χ4n) is 1.36. The van der Waals surface area contributed by atoms with Gasteiger partial charge in [0.05, 0.1) is 10.6 Å². The van der Waals surface area contributed by atoms with Gasteiger partial charge >= 0.3 is 0 Å². The summed E-state index contributed by atoms with van der Waals surface area (Å²) in [6, 6.07) is 1.48. The number of amides is 2. The van der Waals surface area contributed by atoms with E-state index in [1.807, 2.05) is 0 Å². The third-order valence-corrected chi connectivity index (χ3v) is 2.80. The molecule has 0 atom stereocenters. The van der Waals surface area contributed by atoms with Gasteiger partial charge in [-0.3, -0.25) is 9.59 Å². The summed E-state index contributed by atoms with van der Waals surface area (Å²) in [4.78, 5) is 23.0. The lowest BCUT2D eigenvalue weighted by Crippen LogP contribution is -2.36. The Bertz CT molecular complexity index is 521. The van der Waals surface area contributed by atoms with Crippen LogP contribution in [0.4, 0.5) is 8.78 Å². The molecule has 0 unspecified atom stereocenters. The molecule has 1 aromatic rings. The predicted molar refractivity (Wildman–Crippen MR) is 71.5 cm³/mol. The first-order valence-electron chi connectivity index (χ1n) is 6.03. The zero-order chi connectivity index (χ0) is 15.3. The minimum Gasteiger partial charge on any atom is -0.354 e. The van der Waals surface area contributed by atoms with Crippen LogP contribution in [0.25, 0.3) is 0 Å². The van der Waals surface area contributed by atoms with Gasteiger partial charge in [-0.2, -0.15) is 0 Å². The van der Waals surface area contributed by atoms with Crippen molar-refractivity contribution in [2.75, 3.05) is 13.1 Å². The monoisotopic (exact) mass is 304 g/mol. The Hall–Kier alpha value is -1.69. The molecule has 0 radical (unpaired) electrons. The van der Waals surface area contributed by atoms with Gasteiger partial charge in [0.2, 0.25) is 5.91 Å². The minimum absolute atomic E-state index is 0.134.